The summed E-state index contributed by atoms with van der Waals surface area (Å²) in [5.74, 6) is 0.0943. The van der Waals surface area contributed by atoms with Crippen molar-refractivity contribution in [2.45, 2.75) is 19.3 Å². The van der Waals surface area contributed by atoms with Gasteiger partial charge in [0.25, 0.3) is 0 Å². The van der Waals surface area contributed by atoms with Crippen LogP contribution < -0.4 is 10.6 Å². The van der Waals surface area contributed by atoms with E-state index in [1.165, 1.54) is 5.57 Å². The molecule has 1 aliphatic rings. The summed E-state index contributed by atoms with van der Waals surface area (Å²) in [6.07, 6.45) is 8.19. The largest absolute Gasteiger partial charge is 0.352 e. The fraction of sp³-hybridized carbons (Fsp3) is 0.333. The number of para-hydroxylation sites is 1. The van der Waals surface area contributed by atoms with Crippen molar-refractivity contribution in [2.24, 2.45) is 0 Å². The van der Waals surface area contributed by atoms with Crippen LogP contribution in [0.5, 0.6) is 0 Å². The van der Waals surface area contributed by atoms with Crippen LogP contribution in [0.25, 0.3) is 5.69 Å². The second kappa shape index (κ2) is 7.74. The second-order valence-corrected chi connectivity index (χ2v) is 5.72. The van der Waals surface area contributed by atoms with Gasteiger partial charge in [0.15, 0.2) is 0 Å². The number of aromatic nitrogens is 2. The highest BCUT2D eigenvalue weighted by Gasteiger charge is 2.07. The number of carbonyl (C=O) groups excluding carboxylic acids is 1. The maximum absolute atomic E-state index is 12.0. The van der Waals surface area contributed by atoms with Gasteiger partial charge in [-0.05, 0) is 37.1 Å². The smallest absolute Gasteiger partial charge is 0.220 e. The molecule has 1 aliphatic heterocycles. The molecular weight excluding hydrogens is 288 g/mol. The molecule has 0 atom stereocenters. The Balaban J connectivity index is 1.46. The first-order chi connectivity index (χ1) is 11.3. The Bertz CT molecular complexity index is 675. The molecule has 5 heteroatoms. The standard InChI is InChI=1S/C18H22N4O/c23-18(20-12-15-8-10-19-11-9-15)7-6-16-13-21-22(14-16)17-4-2-1-3-5-17/h1-5,8,13-14,19H,6-7,9-12H2,(H,20,23). The molecule has 5 nitrogen and oxygen atoms in total. The van der Waals surface area contributed by atoms with Crippen LogP contribution in [-0.4, -0.2) is 35.3 Å². The minimum absolute atomic E-state index is 0.0943. The van der Waals surface area contributed by atoms with Gasteiger partial charge in [-0.3, -0.25) is 4.79 Å². The summed E-state index contributed by atoms with van der Waals surface area (Å²) < 4.78 is 1.84. The van der Waals surface area contributed by atoms with Crippen molar-refractivity contribution in [3.05, 3.63) is 59.9 Å². The Morgan fingerprint density at radius 2 is 2.17 bits per heavy atom. The Labute approximate surface area is 136 Å². The fourth-order valence-corrected chi connectivity index (χ4v) is 2.60. The van der Waals surface area contributed by atoms with Crippen LogP contribution in [0.4, 0.5) is 0 Å². The molecule has 0 saturated heterocycles. The normalized spacial score (nSPS) is 14.3. The van der Waals surface area contributed by atoms with E-state index in [1.807, 2.05) is 47.4 Å². The quantitative estimate of drug-likeness (QED) is 0.801. The molecule has 0 saturated carbocycles. The minimum Gasteiger partial charge on any atom is -0.352 e. The molecule has 120 valence electrons. The SMILES string of the molecule is O=C(CCc1cnn(-c2ccccc2)c1)NCC1=CCNCC1. The molecule has 0 radical (unpaired) electrons. The Morgan fingerprint density at radius 1 is 1.30 bits per heavy atom. The first kappa shape index (κ1) is 15.5. The average molecular weight is 310 g/mol. The van der Waals surface area contributed by atoms with Gasteiger partial charge >= 0.3 is 0 Å². The Morgan fingerprint density at radius 3 is 2.96 bits per heavy atom. The molecule has 0 fully saturated rings. The number of benzene rings is 1. The summed E-state index contributed by atoms with van der Waals surface area (Å²) in [4.78, 5) is 12.0. The maximum Gasteiger partial charge on any atom is 0.220 e. The van der Waals surface area contributed by atoms with Crippen molar-refractivity contribution in [2.75, 3.05) is 19.6 Å². The van der Waals surface area contributed by atoms with Gasteiger partial charge < -0.3 is 10.6 Å². The van der Waals surface area contributed by atoms with E-state index in [1.54, 1.807) is 0 Å². The molecule has 0 aliphatic carbocycles. The maximum atomic E-state index is 12.0. The van der Waals surface area contributed by atoms with Gasteiger partial charge in [0.05, 0.1) is 11.9 Å². The second-order valence-electron chi connectivity index (χ2n) is 5.72. The van der Waals surface area contributed by atoms with Crippen molar-refractivity contribution in [1.82, 2.24) is 20.4 Å². The summed E-state index contributed by atoms with van der Waals surface area (Å²) in [5.41, 5.74) is 3.42. The zero-order valence-corrected chi connectivity index (χ0v) is 13.2. The third-order valence-electron chi connectivity index (χ3n) is 3.97. The third kappa shape index (κ3) is 4.53. The van der Waals surface area contributed by atoms with Crippen molar-refractivity contribution in [3.8, 4) is 5.69 Å². The molecule has 0 spiro atoms. The van der Waals surface area contributed by atoms with E-state index in [4.69, 9.17) is 0 Å². The highest BCUT2D eigenvalue weighted by Crippen LogP contribution is 2.09. The third-order valence-corrected chi connectivity index (χ3v) is 3.97. The summed E-state index contributed by atoms with van der Waals surface area (Å²) in [7, 11) is 0. The molecule has 2 N–H and O–H groups in total. The Kier molecular flexibility index (Phi) is 5.21. The van der Waals surface area contributed by atoms with E-state index in [9.17, 15) is 4.79 Å². The first-order valence-corrected chi connectivity index (χ1v) is 8.05. The molecule has 3 rings (SSSR count). The van der Waals surface area contributed by atoms with Crippen LogP contribution in [0.15, 0.2) is 54.4 Å². The van der Waals surface area contributed by atoms with Crippen LogP contribution in [0.2, 0.25) is 0 Å². The summed E-state index contributed by atoms with van der Waals surface area (Å²) in [6, 6.07) is 9.97. The van der Waals surface area contributed by atoms with Gasteiger partial charge in [0, 0.05) is 25.7 Å². The lowest BCUT2D eigenvalue weighted by atomic mass is 10.1. The van der Waals surface area contributed by atoms with E-state index in [2.05, 4.69) is 21.8 Å². The predicted octanol–water partition coefficient (Wildman–Crippen LogP) is 1.84. The molecule has 1 amide bonds. The van der Waals surface area contributed by atoms with Gasteiger partial charge in [-0.1, -0.05) is 29.8 Å². The minimum atomic E-state index is 0.0943. The molecular formula is C18H22N4O. The lowest BCUT2D eigenvalue weighted by molar-refractivity contribution is -0.120. The van der Waals surface area contributed by atoms with Crippen LogP contribution in [0.1, 0.15) is 18.4 Å². The molecule has 0 unspecified atom stereocenters. The highest BCUT2D eigenvalue weighted by molar-refractivity contribution is 5.76. The number of carbonyl (C=O) groups is 1. The molecule has 1 aromatic carbocycles. The lowest BCUT2D eigenvalue weighted by Gasteiger charge is -2.14. The number of aryl methyl sites for hydroxylation is 1. The highest BCUT2D eigenvalue weighted by atomic mass is 16.1. The van der Waals surface area contributed by atoms with Gasteiger partial charge in [-0.2, -0.15) is 5.10 Å². The number of hydrogen-bond acceptors (Lipinski definition) is 3. The van der Waals surface area contributed by atoms with Gasteiger partial charge in [-0.25, -0.2) is 4.68 Å². The van der Waals surface area contributed by atoms with E-state index in [-0.39, 0.29) is 5.91 Å². The predicted molar refractivity (Wildman–Crippen MR) is 90.5 cm³/mol. The number of hydrogen-bond donors (Lipinski definition) is 2. The number of amides is 1. The van der Waals surface area contributed by atoms with Crippen molar-refractivity contribution < 1.29 is 4.79 Å². The van der Waals surface area contributed by atoms with Gasteiger partial charge in [0.2, 0.25) is 5.91 Å². The summed E-state index contributed by atoms with van der Waals surface area (Å²) in [6.45, 7) is 2.58. The number of nitrogens with zero attached hydrogens (tertiary/aromatic N) is 2. The monoisotopic (exact) mass is 310 g/mol. The zero-order valence-electron chi connectivity index (χ0n) is 13.2. The van der Waals surface area contributed by atoms with E-state index in [0.717, 1.165) is 30.8 Å². The fourth-order valence-electron chi connectivity index (χ4n) is 2.60. The van der Waals surface area contributed by atoms with Crippen LogP contribution in [0, 0.1) is 0 Å². The molecule has 2 aromatic rings. The number of nitrogens with one attached hydrogen (secondary N) is 2. The van der Waals surface area contributed by atoms with E-state index >= 15 is 0 Å². The van der Waals surface area contributed by atoms with Crippen LogP contribution in [0.3, 0.4) is 0 Å². The number of rotatable bonds is 6. The van der Waals surface area contributed by atoms with E-state index in [0.29, 0.717) is 19.4 Å². The average Bonchev–Trinajstić information content (AvgIpc) is 3.09. The van der Waals surface area contributed by atoms with Crippen LogP contribution in [-0.2, 0) is 11.2 Å². The van der Waals surface area contributed by atoms with Gasteiger partial charge in [-0.15, -0.1) is 0 Å². The lowest BCUT2D eigenvalue weighted by Crippen LogP contribution is -2.29. The topological polar surface area (TPSA) is 59.0 Å². The summed E-state index contributed by atoms with van der Waals surface area (Å²) in [5, 5.41) is 10.6. The van der Waals surface area contributed by atoms with E-state index < -0.39 is 0 Å². The van der Waals surface area contributed by atoms with Gasteiger partial charge in [0.1, 0.15) is 0 Å². The van der Waals surface area contributed by atoms with Crippen molar-refractivity contribution in [1.29, 1.82) is 0 Å². The summed E-state index contributed by atoms with van der Waals surface area (Å²) >= 11 is 0. The molecule has 23 heavy (non-hydrogen) atoms. The first-order valence-electron chi connectivity index (χ1n) is 8.05. The van der Waals surface area contributed by atoms with Crippen LogP contribution >= 0.6 is 0 Å². The zero-order chi connectivity index (χ0) is 15.9. The van der Waals surface area contributed by atoms with Crippen molar-refractivity contribution in [3.63, 3.8) is 0 Å². The molecule has 1 aromatic heterocycles. The Hall–Kier alpha value is -2.40. The molecule has 2 heterocycles. The molecule has 0 bridgehead atoms. The van der Waals surface area contributed by atoms with Crippen molar-refractivity contribution >= 4 is 5.91 Å².